The summed E-state index contributed by atoms with van der Waals surface area (Å²) in [7, 11) is 1.59. The van der Waals surface area contributed by atoms with Crippen LogP contribution in [-0.2, 0) is 0 Å². The van der Waals surface area contributed by atoms with E-state index in [1.165, 1.54) is 30.0 Å². The highest BCUT2D eigenvalue weighted by molar-refractivity contribution is 8.00. The number of thioether (sulfide) groups is 1. The molecule has 0 atom stereocenters. The molecule has 2 rings (SSSR count). The Hall–Kier alpha value is -2.14. The van der Waals surface area contributed by atoms with Gasteiger partial charge in [0.2, 0.25) is 0 Å². The van der Waals surface area contributed by atoms with Crippen LogP contribution < -0.4 is 4.74 Å². The van der Waals surface area contributed by atoms with Crippen molar-refractivity contribution in [1.29, 1.82) is 0 Å². The van der Waals surface area contributed by atoms with E-state index in [1.807, 2.05) is 24.3 Å². The third kappa shape index (κ3) is 3.45. The number of carbonyl (C=O) groups excluding carboxylic acids is 1. The van der Waals surface area contributed by atoms with Gasteiger partial charge in [-0.05, 0) is 36.4 Å². The molecule has 20 heavy (non-hydrogen) atoms. The third-order valence-electron chi connectivity index (χ3n) is 2.71. The summed E-state index contributed by atoms with van der Waals surface area (Å²) in [5.41, 5.74) is 0.371. The van der Waals surface area contributed by atoms with Crippen LogP contribution in [0.1, 0.15) is 10.4 Å². The van der Waals surface area contributed by atoms with E-state index in [9.17, 15) is 15.0 Å². The van der Waals surface area contributed by atoms with Crippen molar-refractivity contribution in [3.8, 4) is 17.2 Å². The van der Waals surface area contributed by atoms with Crippen molar-refractivity contribution in [3.05, 3.63) is 48.0 Å². The fraction of sp³-hybridized carbons (Fsp3) is 0.133. The zero-order valence-corrected chi connectivity index (χ0v) is 11.7. The highest BCUT2D eigenvalue weighted by Crippen LogP contribution is 2.27. The van der Waals surface area contributed by atoms with E-state index >= 15 is 0 Å². The van der Waals surface area contributed by atoms with Crippen molar-refractivity contribution >= 4 is 17.5 Å². The largest absolute Gasteiger partial charge is 0.504 e. The molecule has 0 aliphatic heterocycles. The summed E-state index contributed by atoms with van der Waals surface area (Å²) in [5.74, 6) is 0.347. The number of methoxy groups -OCH3 is 1. The van der Waals surface area contributed by atoms with E-state index in [0.29, 0.717) is 5.56 Å². The molecule has 0 aromatic heterocycles. The van der Waals surface area contributed by atoms with Gasteiger partial charge in [-0.1, -0.05) is 6.07 Å². The van der Waals surface area contributed by atoms with E-state index in [4.69, 9.17) is 4.74 Å². The first-order valence-electron chi connectivity index (χ1n) is 5.92. The van der Waals surface area contributed by atoms with Crippen LogP contribution in [0.25, 0.3) is 0 Å². The Morgan fingerprint density at radius 3 is 2.65 bits per heavy atom. The van der Waals surface area contributed by atoms with Crippen LogP contribution >= 0.6 is 11.8 Å². The van der Waals surface area contributed by atoms with Gasteiger partial charge in [-0.25, -0.2) is 0 Å². The minimum Gasteiger partial charge on any atom is -0.504 e. The fourth-order valence-corrected chi connectivity index (χ4v) is 2.46. The zero-order chi connectivity index (χ0) is 14.5. The fourth-order valence-electron chi connectivity index (χ4n) is 1.62. The van der Waals surface area contributed by atoms with Crippen molar-refractivity contribution < 1.29 is 19.7 Å². The molecule has 104 valence electrons. The first kappa shape index (κ1) is 14.3. The molecule has 0 unspecified atom stereocenters. The van der Waals surface area contributed by atoms with E-state index in [0.717, 1.165) is 10.6 Å². The van der Waals surface area contributed by atoms with Gasteiger partial charge in [-0.3, -0.25) is 4.79 Å². The maximum Gasteiger partial charge on any atom is 0.173 e. The molecule has 5 heteroatoms. The Bertz CT molecular complexity index is 625. The molecule has 0 fully saturated rings. The maximum absolute atomic E-state index is 12.0. The monoisotopic (exact) mass is 290 g/mol. The average molecular weight is 290 g/mol. The van der Waals surface area contributed by atoms with Crippen molar-refractivity contribution in [3.63, 3.8) is 0 Å². The van der Waals surface area contributed by atoms with Crippen LogP contribution in [0.3, 0.4) is 0 Å². The predicted molar refractivity (Wildman–Crippen MR) is 77.8 cm³/mol. The van der Waals surface area contributed by atoms with Crippen LogP contribution in [0.4, 0.5) is 0 Å². The molecule has 4 nitrogen and oxygen atoms in total. The van der Waals surface area contributed by atoms with Crippen LogP contribution in [0.2, 0.25) is 0 Å². The first-order chi connectivity index (χ1) is 9.60. The number of phenols is 2. The van der Waals surface area contributed by atoms with Gasteiger partial charge in [-0.15, -0.1) is 11.8 Å². The Labute approximate surface area is 121 Å². The van der Waals surface area contributed by atoms with E-state index < -0.39 is 0 Å². The van der Waals surface area contributed by atoms with Crippen molar-refractivity contribution in [2.45, 2.75) is 4.90 Å². The molecule has 0 saturated heterocycles. The Morgan fingerprint density at radius 2 is 1.95 bits per heavy atom. The molecule has 0 radical (unpaired) electrons. The number of rotatable bonds is 5. The molecule has 0 heterocycles. The summed E-state index contributed by atoms with van der Waals surface area (Å²) in [5, 5.41) is 18.6. The number of hydrogen-bond acceptors (Lipinski definition) is 5. The lowest BCUT2D eigenvalue weighted by molar-refractivity contribution is 0.102. The topological polar surface area (TPSA) is 66.8 Å². The van der Waals surface area contributed by atoms with E-state index in [-0.39, 0.29) is 23.0 Å². The van der Waals surface area contributed by atoms with Crippen LogP contribution in [0, 0.1) is 0 Å². The summed E-state index contributed by atoms with van der Waals surface area (Å²) < 4.78 is 5.12. The number of benzene rings is 2. The number of ketones is 1. The SMILES string of the molecule is COc1cccc(SCC(=O)c2ccc(O)c(O)c2)c1. The number of ether oxygens (including phenoxy) is 1. The number of hydrogen-bond donors (Lipinski definition) is 2. The maximum atomic E-state index is 12.0. The summed E-state index contributed by atoms with van der Waals surface area (Å²) in [6.07, 6.45) is 0. The standard InChI is InChI=1S/C15H14O4S/c1-19-11-3-2-4-12(8-11)20-9-15(18)10-5-6-13(16)14(17)7-10/h2-8,16-17H,9H2,1H3. The van der Waals surface area contributed by atoms with Gasteiger partial charge in [0.25, 0.3) is 0 Å². The number of phenolic OH excluding ortho intramolecular Hbond substituents is 2. The molecule has 0 spiro atoms. The lowest BCUT2D eigenvalue weighted by Crippen LogP contribution is -2.01. The van der Waals surface area contributed by atoms with Gasteiger partial charge in [-0.2, -0.15) is 0 Å². The lowest BCUT2D eigenvalue weighted by atomic mass is 10.1. The second-order valence-corrected chi connectivity index (χ2v) is 5.14. The van der Waals surface area contributed by atoms with Gasteiger partial charge >= 0.3 is 0 Å². The summed E-state index contributed by atoms with van der Waals surface area (Å²) in [6, 6.07) is 11.5. The van der Waals surface area contributed by atoms with Crippen molar-refractivity contribution in [1.82, 2.24) is 0 Å². The number of Topliss-reactive ketones (excluding diaryl/α,β-unsaturated/α-hetero) is 1. The molecule has 2 aromatic carbocycles. The molecule has 2 aromatic rings. The van der Waals surface area contributed by atoms with Gasteiger partial charge in [0.05, 0.1) is 12.9 Å². The molecule has 0 aliphatic rings. The summed E-state index contributed by atoms with van der Waals surface area (Å²) >= 11 is 1.39. The normalized spacial score (nSPS) is 10.2. The molecule has 0 bridgehead atoms. The molecule has 0 aliphatic carbocycles. The Morgan fingerprint density at radius 1 is 1.15 bits per heavy atom. The van der Waals surface area contributed by atoms with Crippen LogP contribution in [0.15, 0.2) is 47.4 Å². The molecular weight excluding hydrogens is 276 g/mol. The highest BCUT2D eigenvalue weighted by atomic mass is 32.2. The second kappa shape index (κ2) is 6.34. The zero-order valence-electron chi connectivity index (χ0n) is 10.9. The minimum absolute atomic E-state index is 0.117. The number of carbonyl (C=O) groups is 1. The van der Waals surface area contributed by atoms with Gasteiger partial charge in [0.15, 0.2) is 17.3 Å². The molecule has 0 saturated carbocycles. The van der Waals surface area contributed by atoms with Gasteiger partial charge < -0.3 is 14.9 Å². The smallest absolute Gasteiger partial charge is 0.173 e. The number of aromatic hydroxyl groups is 2. The van der Waals surface area contributed by atoms with E-state index in [1.54, 1.807) is 7.11 Å². The quantitative estimate of drug-likeness (QED) is 0.503. The van der Waals surface area contributed by atoms with Crippen molar-refractivity contribution in [2.75, 3.05) is 12.9 Å². The Balaban J connectivity index is 2.02. The molecule has 2 N–H and O–H groups in total. The summed E-state index contributed by atoms with van der Waals surface area (Å²) in [6.45, 7) is 0. The van der Waals surface area contributed by atoms with Gasteiger partial charge in [0, 0.05) is 10.5 Å². The average Bonchev–Trinajstić information content (AvgIpc) is 2.47. The van der Waals surface area contributed by atoms with Crippen molar-refractivity contribution in [2.24, 2.45) is 0 Å². The van der Waals surface area contributed by atoms with Crippen LogP contribution in [0.5, 0.6) is 17.2 Å². The first-order valence-corrected chi connectivity index (χ1v) is 6.91. The summed E-state index contributed by atoms with van der Waals surface area (Å²) in [4.78, 5) is 12.9. The Kier molecular flexibility index (Phi) is 4.53. The predicted octanol–water partition coefficient (Wildman–Crippen LogP) is 3.08. The van der Waals surface area contributed by atoms with E-state index in [2.05, 4.69) is 0 Å². The lowest BCUT2D eigenvalue weighted by Gasteiger charge is -2.05. The van der Waals surface area contributed by atoms with Crippen LogP contribution in [-0.4, -0.2) is 28.9 Å². The third-order valence-corrected chi connectivity index (χ3v) is 3.70. The molecule has 0 amide bonds. The molecular formula is C15H14O4S. The highest BCUT2D eigenvalue weighted by Gasteiger charge is 2.09. The van der Waals surface area contributed by atoms with Gasteiger partial charge in [0.1, 0.15) is 5.75 Å². The minimum atomic E-state index is -0.290. The second-order valence-electron chi connectivity index (χ2n) is 4.09.